The minimum atomic E-state index is -0.751. The molecule has 1 heterocycles. The van der Waals surface area contributed by atoms with Gasteiger partial charge in [0.2, 0.25) is 0 Å². The van der Waals surface area contributed by atoms with Gasteiger partial charge >= 0.3 is 11.7 Å². The summed E-state index contributed by atoms with van der Waals surface area (Å²) in [6.45, 7) is 0.353. The Morgan fingerprint density at radius 1 is 1.18 bits per heavy atom. The molecule has 1 aliphatic rings. The third-order valence-electron chi connectivity index (χ3n) is 4.53. The highest BCUT2D eigenvalue weighted by Crippen LogP contribution is 2.29. The minimum absolute atomic E-state index is 0.176. The maximum absolute atomic E-state index is 12.4. The number of carboxylic acids is 1. The number of aromatic nitrogens is 2. The van der Waals surface area contributed by atoms with Crippen LogP contribution in [-0.2, 0) is 11.3 Å². The molecule has 2 N–H and O–H groups in total. The predicted molar refractivity (Wildman–Crippen MR) is 81.9 cm³/mol. The van der Waals surface area contributed by atoms with Crippen molar-refractivity contribution in [2.24, 2.45) is 11.8 Å². The van der Waals surface area contributed by atoms with E-state index in [2.05, 4.69) is 4.98 Å². The third-order valence-corrected chi connectivity index (χ3v) is 4.53. The van der Waals surface area contributed by atoms with Gasteiger partial charge in [-0.1, -0.05) is 12.1 Å². The Hall–Kier alpha value is -2.37. The summed E-state index contributed by atoms with van der Waals surface area (Å²) in [6.07, 6.45) is 2.69. The molecule has 0 bridgehead atoms. The van der Waals surface area contributed by atoms with E-state index >= 15 is 0 Å². The van der Waals surface area contributed by atoms with E-state index in [1.165, 1.54) is 4.57 Å². The Kier molecular flexibility index (Phi) is 3.83. The number of fused-ring (bicyclic) bond motifs is 1. The fraction of sp³-hybridized carbons (Fsp3) is 0.438. The lowest BCUT2D eigenvalue weighted by molar-refractivity contribution is -0.143. The van der Waals surface area contributed by atoms with Crippen molar-refractivity contribution in [3.05, 3.63) is 45.1 Å². The molecule has 0 aliphatic heterocycles. The molecule has 1 saturated carbocycles. The van der Waals surface area contributed by atoms with E-state index in [0.29, 0.717) is 30.3 Å². The summed E-state index contributed by atoms with van der Waals surface area (Å²) < 4.78 is 1.24. The fourth-order valence-electron chi connectivity index (χ4n) is 3.21. The first kappa shape index (κ1) is 14.6. The van der Waals surface area contributed by atoms with Crippen LogP contribution in [0.5, 0.6) is 0 Å². The summed E-state index contributed by atoms with van der Waals surface area (Å²) in [4.78, 5) is 38.3. The first-order valence-corrected chi connectivity index (χ1v) is 7.51. The van der Waals surface area contributed by atoms with Crippen LogP contribution in [0.15, 0.2) is 33.9 Å². The lowest BCUT2D eigenvalue weighted by Gasteiger charge is -2.26. The van der Waals surface area contributed by atoms with Crippen LogP contribution in [0.2, 0.25) is 0 Å². The zero-order valence-electron chi connectivity index (χ0n) is 12.1. The van der Waals surface area contributed by atoms with Gasteiger partial charge in [0.25, 0.3) is 5.56 Å². The molecule has 22 heavy (non-hydrogen) atoms. The van der Waals surface area contributed by atoms with Crippen LogP contribution in [0.4, 0.5) is 0 Å². The lowest BCUT2D eigenvalue weighted by atomic mass is 9.82. The molecular formula is C16H18N2O4. The van der Waals surface area contributed by atoms with Crippen LogP contribution in [0.25, 0.3) is 10.9 Å². The normalized spacial score (nSPS) is 21.8. The number of H-pyrrole nitrogens is 1. The first-order valence-electron chi connectivity index (χ1n) is 7.51. The van der Waals surface area contributed by atoms with E-state index < -0.39 is 11.7 Å². The zero-order chi connectivity index (χ0) is 15.7. The van der Waals surface area contributed by atoms with Gasteiger partial charge in [0.05, 0.1) is 16.8 Å². The van der Waals surface area contributed by atoms with E-state index in [9.17, 15) is 14.4 Å². The largest absolute Gasteiger partial charge is 0.481 e. The van der Waals surface area contributed by atoms with Gasteiger partial charge in [-0.3, -0.25) is 14.2 Å². The molecule has 6 heteroatoms. The smallest absolute Gasteiger partial charge is 0.328 e. The minimum Gasteiger partial charge on any atom is -0.481 e. The predicted octanol–water partition coefficient (Wildman–Crippen LogP) is 1.58. The Bertz CT molecular complexity index is 813. The van der Waals surface area contributed by atoms with Crippen LogP contribution in [-0.4, -0.2) is 20.6 Å². The van der Waals surface area contributed by atoms with Gasteiger partial charge < -0.3 is 10.1 Å². The molecule has 0 amide bonds. The number of nitrogens with one attached hydrogen (secondary N) is 1. The second kappa shape index (κ2) is 5.79. The molecule has 1 aliphatic carbocycles. The highest BCUT2D eigenvalue weighted by Gasteiger charge is 2.26. The Morgan fingerprint density at radius 3 is 2.55 bits per heavy atom. The van der Waals surface area contributed by atoms with E-state index in [0.717, 1.165) is 12.8 Å². The maximum Gasteiger partial charge on any atom is 0.328 e. The molecule has 0 spiro atoms. The second-order valence-electron chi connectivity index (χ2n) is 5.95. The molecule has 0 atom stereocenters. The summed E-state index contributed by atoms with van der Waals surface area (Å²) in [5.41, 5.74) is -0.132. The van der Waals surface area contributed by atoms with Crippen LogP contribution in [0.3, 0.4) is 0 Å². The van der Waals surface area contributed by atoms with Gasteiger partial charge in [0.1, 0.15) is 0 Å². The van der Waals surface area contributed by atoms with Crippen LogP contribution < -0.4 is 11.2 Å². The van der Waals surface area contributed by atoms with Gasteiger partial charge in [-0.15, -0.1) is 0 Å². The molecular weight excluding hydrogens is 284 g/mol. The molecule has 0 radical (unpaired) electrons. The highest BCUT2D eigenvalue weighted by molar-refractivity contribution is 5.76. The van der Waals surface area contributed by atoms with Crippen LogP contribution in [0, 0.1) is 11.8 Å². The zero-order valence-corrected chi connectivity index (χ0v) is 12.1. The SMILES string of the molecule is O=C(O)C1CCC(Cn2c(=O)[nH]c3ccccc3c2=O)CC1. The van der Waals surface area contributed by atoms with Gasteiger partial charge in [-0.05, 0) is 43.7 Å². The van der Waals surface area contributed by atoms with Gasteiger partial charge in [0.15, 0.2) is 0 Å². The van der Waals surface area contributed by atoms with Crippen molar-refractivity contribution in [3.8, 4) is 0 Å². The number of aromatic amines is 1. The molecule has 116 valence electrons. The molecule has 3 rings (SSSR count). The number of hydrogen-bond acceptors (Lipinski definition) is 3. The number of benzene rings is 1. The topological polar surface area (TPSA) is 92.2 Å². The summed E-state index contributed by atoms with van der Waals surface area (Å²) in [6, 6.07) is 6.95. The molecule has 1 aromatic carbocycles. The molecule has 0 saturated heterocycles. The number of carbonyl (C=O) groups is 1. The third kappa shape index (κ3) is 2.68. The highest BCUT2D eigenvalue weighted by atomic mass is 16.4. The number of hydrogen-bond donors (Lipinski definition) is 2. The average molecular weight is 302 g/mol. The van der Waals surface area contributed by atoms with Crippen molar-refractivity contribution in [2.45, 2.75) is 32.2 Å². The number of nitrogens with zero attached hydrogens (tertiary/aromatic N) is 1. The van der Waals surface area contributed by atoms with E-state index in [4.69, 9.17) is 5.11 Å². The number of para-hydroxylation sites is 1. The monoisotopic (exact) mass is 302 g/mol. The van der Waals surface area contributed by atoms with Crippen molar-refractivity contribution in [2.75, 3.05) is 0 Å². The fourth-order valence-corrected chi connectivity index (χ4v) is 3.21. The summed E-state index contributed by atoms with van der Waals surface area (Å²) in [7, 11) is 0. The number of rotatable bonds is 3. The molecule has 1 fully saturated rings. The summed E-state index contributed by atoms with van der Waals surface area (Å²) in [5.74, 6) is -0.863. The van der Waals surface area contributed by atoms with Crippen molar-refractivity contribution in [1.82, 2.24) is 9.55 Å². The molecule has 1 aromatic heterocycles. The standard InChI is InChI=1S/C16H18N2O4/c19-14-12-3-1-2-4-13(12)17-16(22)18(14)9-10-5-7-11(8-6-10)15(20)21/h1-4,10-11H,5-9H2,(H,17,22)(H,20,21). The quantitative estimate of drug-likeness (QED) is 0.900. The number of aliphatic carboxylic acids is 1. The Labute approximate surface area is 126 Å². The Balaban J connectivity index is 1.85. The van der Waals surface area contributed by atoms with Crippen molar-refractivity contribution in [1.29, 1.82) is 0 Å². The molecule has 2 aromatic rings. The first-order chi connectivity index (χ1) is 10.6. The maximum atomic E-state index is 12.4. The van der Waals surface area contributed by atoms with Gasteiger partial charge in [-0.2, -0.15) is 0 Å². The molecule has 0 unspecified atom stereocenters. The van der Waals surface area contributed by atoms with E-state index in [1.807, 2.05) is 0 Å². The van der Waals surface area contributed by atoms with Crippen molar-refractivity contribution in [3.63, 3.8) is 0 Å². The summed E-state index contributed by atoms with van der Waals surface area (Å²) in [5, 5.41) is 9.51. The average Bonchev–Trinajstić information content (AvgIpc) is 2.52. The lowest BCUT2D eigenvalue weighted by Crippen LogP contribution is -2.38. The second-order valence-corrected chi connectivity index (χ2v) is 5.95. The van der Waals surface area contributed by atoms with E-state index in [1.54, 1.807) is 24.3 Å². The number of carboxylic acid groups (broad SMARTS) is 1. The van der Waals surface area contributed by atoms with Crippen molar-refractivity contribution < 1.29 is 9.90 Å². The summed E-state index contributed by atoms with van der Waals surface area (Å²) >= 11 is 0. The van der Waals surface area contributed by atoms with E-state index in [-0.39, 0.29) is 17.4 Å². The van der Waals surface area contributed by atoms with Crippen molar-refractivity contribution >= 4 is 16.9 Å². The van der Waals surface area contributed by atoms with Gasteiger partial charge in [-0.25, -0.2) is 4.79 Å². The van der Waals surface area contributed by atoms with Gasteiger partial charge in [0, 0.05) is 6.54 Å². The Morgan fingerprint density at radius 2 is 1.86 bits per heavy atom. The van der Waals surface area contributed by atoms with Crippen LogP contribution >= 0.6 is 0 Å². The van der Waals surface area contributed by atoms with Crippen LogP contribution in [0.1, 0.15) is 25.7 Å². The molecule has 6 nitrogen and oxygen atoms in total.